The van der Waals surface area contributed by atoms with Crippen LogP contribution in [0.25, 0.3) is 0 Å². The van der Waals surface area contributed by atoms with Crippen LogP contribution in [0.3, 0.4) is 0 Å². The first-order valence-electron chi connectivity index (χ1n) is 8.12. The molecule has 1 N–H and O–H groups in total. The van der Waals surface area contributed by atoms with Gasteiger partial charge in [0.1, 0.15) is 5.54 Å². The fraction of sp³-hybridized carbons (Fsp3) is 0.389. The Morgan fingerprint density at radius 1 is 1.13 bits per heavy atom. The van der Waals surface area contributed by atoms with Crippen LogP contribution < -0.4 is 10.2 Å². The maximum Gasteiger partial charge on any atom is 0.247 e. The number of para-hydroxylation sites is 1. The molecule has 0 aliphatic carbocycles. The molecule has 0 radical (unpaired) electrons. The lowest BCUT2D eigenvalue weighted by Gasteiger charge is -2.43. The Bertz CT molecular complexity index is 661. The van der Waals surface area contributed by atoms with Crippen LogP contribution in [-0.2, 0) is 11.3 Å². The number of anilines is 1. The molecule has 1 aromatic heterocycles. The smallest absolute Gasteiger partial charge is 0.247 e. The highest BCUT2D eigenvalue weighted by molar-refractivity contribution is 5.93. The van der Waals surface area contributed by atoms with Gasteiger partial charge in [-0.15, -0.1) is 0 Å². The van der Waals surface area contributed by atoms with Gasteiger partial charge in [-0.1, -0.05) is 18.2 Å². The van der Waals surface area contributed by atoms with Crippen LogP contribution >= 0.6 is 0 Å². The van der Waals surface area contributed by atoms with Crippen molar-refractivity contribution < 1.29 is 9.21 Å². The third-order valence-electron chi connectivity index (χ3n) is 5.07. The largest absolute Gasteiger partial charge is 0.472 e. The molecule has 0 unspecified atom stereocenters. The predicted octanol–water partition coefficient (Wildman–Crippen LogP) is 2.21. The first-order valence-corrected chi connectivity index (χ1v) is 8.12. The number of hydrogen-bond donors (Lipinski definition) is 1. The minimum Gasteiger partial charge on any atom is -0.472 e. The van der Waals surface area contributed by atoms with Crippen molar-refractivity contribution in [3.8, 4) is 0 Å². The van der Waals surface area contributed by atoms with Crippen LogP contribution in [0.2, 0.25) is 0 Å². The summed E-state index contributed by atoms with van der Waals surface area (Å²) >= 11 is 0. The summed E-state index contributed by atoms with van der Waals surface area (Å²) in [6.45, 7) is 3.33. The van der Waals surface area contributed by atoms with Crippen LogP contribution in [-0.4, -0.2) is 36.1 Å². The molecule has 0 atom stereocenters. The molecule has 2 aromatic rings. The Morgan fingerprint density at radius 2 is 1.91 bits per heavy atom. The van der Waals surface area contributed by atoms with E-state index in [9.17, 15) is 4.79 Å². The molecule has 0 bridgehead atoms. The standard InChI is InChI=1S/C18H21N3O2/c22-17-18(21(14-19-17)16-4-2-1-3-5-16)7-9-20(10-8-18)12-15-6-11-23-13-15/h1-6,11,13H,7-10,12,14H2,(H,19,22). The van der Waals surface area contributed by atoms with E-state index in [-0.39, 0.29) is 5.91 Å². The normalized spacial score (nSPS) is 20.9. The van der Waals surface area contributed by atoms with Crippen molar-refractivity contribution >= 4 is 11.6 Å². The molecule has 2 aliphatic heterocycles. The van der Waals surface area contributed by atoms with E-state index < -0.39 is 5.54 Å². The molecule has 2 aliphatic rings. The number of benzene rings is 1. The number of carbonyl (C=O) groups is 1. The van der Waals surface area contributed by atoms with E-state index in [1.165, 1.54) is 5.56 Å². The number of nitrogens with one attached hydrogen (secondary N) is 1. The van der Waals surface area contributed by atoms with Crippen LogP contribution in [0.5, 0.6) is 0 Å². The first kappa shape index (κ1) is 14.3. The third-order valence-corrected chi connectivity index (χ3v) is 5.07. The van der Waals surface area contributed by atoms with E-state index in [2.05, 4.69) is 27.2 Å². The van der Waals surface area contributed by atoms with E-state index in [0.717, 1.165) is 38.2 Å². The average Bonchev–Trinajstić information content (AvgIpc) is 3.20. The number of furan rings is 1. The summed E-state index contributed by atoms with van der Waals surface area (Å²) in [6, 6.07) is 12.2. The van der Waals surface area contributed by atoms with Crippen molar-refractivity contribution in [2.75, 3.05) is 24.7 Å². The SMILES string of the molecule is O=C1NCN(c2ccccc2)C12CCN(Cc1ccoc1)CC2. The molecular formula is C18H21N3O2. The van der Waals surface area contributed by atoms with Crippen molar-refractivity contribution in [3.05, 3.63) is 54.5 Å². The van der Waals surface area contributed by atoms with Gasteiger partial charge in [0.2, 0.25) is 5.91 Å². The van der Waals surface area contributed by atoms with Gasteiger partial charge in [0.15, 0.2) is 0 Å². The molecular weight excluding hydrogens is 290 g/mol. The fourth-order valence-electron chi connectivity index (χ4n) is 3.75. The maximum absolute atomic E-state index is 12.6. The molecule has 1 spiro atoms. The number of carbonyl (C=O) groups excluding carboxylic acids is 1. The van der Waals surface area contributed by atoms with Gasteiger partial charge in [0, 0.05) is 30.9 Å². The number of likely N-dealkylation sites (tertiary alicyclic amines) is 1. The van der Waals surface area contributed by atoms with Gasteiger partial charge in [0.25, 0.3) is 0 Å². The summed E-state index contributed by atoms with van der Waals surface area (Å²) in [5.41, 5.74) is 1.92. The molecule has 0 saturated carbocycles. The quantitative estimate of drug-likeness (QED) is 0.944. The van der Waals surface area contributed by atoms with Crippen LogP contribution in [0, 0.1) is 0 Å². The second-order valence-electron chi connectivity index (χ2n) is 6.37. The Hall–Kier alpha value is -2.27. The zero-order chi connectivity index (χ0) is 15.7. The zero-order valence-corrected chi connectivity index (χ0v) is 13.1. The summed E-state index contributed by atoms with van der Waals surface area (Å²) in [7, 11) is 0. The topological polar surface area (TPSA) is 48.7 Å². The van der Waals surface area contributed by atoms with E-state index in [4.69, 9.17) is 4.42 Å². The second-order valence-corrected chi connectivity index (χ2v) is 6.37. The molecule has 1 aromatic carbocycles. The molecule has 3 heterocycles. The Morgan fingerprint density at radius 3 is 2.61 bits per heavy atom. The highest BCUT2D eigenvalue weighted by atomic mass is 16.3. The lowest BCUT2D eigenvalue weighted by Crippen LogP contribution is -2.56. The lowest BCUT2D eigenvalue weighted by molar-refractivity contribution is -0.125. The van der Waals surface area contributed by atoms with Crippen LogP contribution in [0.1, 0.15) is 18.4 Å². The van der Waals surface area contributed by atoms with Crippen molar-refractivity contribution in [2.45, 2.75) is 24.9 Å². The number of amides is 1. The van der Waals surface area contributed by atoms with E-state index >= 15 is 0 Å². The van der Waals surface area contributed by atoms with Crippen LogP contribution in [0.4, 0.5) is 5.69 Å². The summed E-state index contributed by atoms with van der Waals surface area (Å²) in [6.07, 6.45) is 5.21. The van der Waals surface area contributed by atoms with Crippen molar-refractivity contribution in [1.82, 2.24) is 10.2 Å². The number of rotatable bonds is 3. The minimum absolute atomic E-state index is 0.171. The highest BCUT2D eigenvalue weighted by Crippen LogP contribution is 2.36. The fourth-order valence-corrected chi connectivity index (χ4v) is 3.75. The molecule has 1 amide bonds. The number of hydrogen-bond acceptors (Lipinski definition) is 4. The molecule has 5 heteroatoms. The van der Waals surface area contributed by atoms with Crippen molar-refractivity contribution in [1.29, 1.82) is 0 Å². The summed E-state index contributed by atoms with van der Waals surface area (Å²) in [5, 5.41) is 3.04. The van der Waals surface area contributed by atoms with E-state index in [0.29, 0.717) is 6.67 Å². The van der Waals surface area contributed by atoms with Gasteiger partial charge in [0.05, 0.1) is 19.2 Å². The Kier molecular flexibility index (Phi) is 3.58. The maximum atomic E-state index is 12.6. The average molecular weight is 311 g/mol. The monoisotopic (exact) mass is 311 g/mol. The summed E-state index contributed by atoms with van der Waals surface area (Å²) < 4.78 is 5.14. The first-order chi connectivity index (χ1) is 11.3. The third kappa shape index (κ3) is 2.51. The van der Waals surface area contributed by atoms with Gasteiger partial charge in [-0.05, 0) is 31.0 Å². The molecule has 5 nitrogen and oxygen atoms in total. The van der Waals surface area contributed by atoms with Gasteiger partial charge < -0.3 is 14.6 Å². The summed E-state index contributed by atoms with van der Waals surface area (Å²) in [4.78, 5) is 17.2. The Labute approximate surface area is 135 Å². The van der Waals surface area contributed by atoms with E-state index in [1.54, 1.807) is 12.5 Å². The molecule has 2 fully saturated rings. The van der Waals surface area contributed by atoms with Gasteiger partial charge >= 0.3 is 0 Å². The van der Waals surface area contributed by atoms with Crippen LogP contribution in [0.15, 0.2) is 53.3 Å². The van der Waals surface area contributed by atoms with Gasteiger partial charge in [-0.3, -0.25) is 9.69 Å². The van der Waals surface area contributed by atoms with Crippen molar-refractivity contribution in [3.63, 3.8) is 0 Å². The number of nitrogens with zero attached hydrogens (tertiary/aromatic N) is 2. The van der Waals surface area contributed by atoms with Gasteiger partial charge in [-0.25, -0.2) is 0 Å². The molecule has 120 valence electrons. The Balaban J connectivity index is 1.50. The zero-order valence-electron chi connectivity index (χ0n) is 13.1. The lowest BCUT2D eigenvalue weighted by atomic mass is 9.85. The highest BCUT2D eigenvalue weighted by Gasteiger charge is 2.50. The molecule has 4 rings (SSSR count). The van der Waals surface area contributed by atoms with E-state index in [1.807, 2.05) is 24.3 Å². The molecule has 2 saturated heterocycles. The van der Waals surface area contributed by atoms with Gasteiger partial charge in [-0.2, -0.15) is 0 Å². The number of piperidine rings is 1. The molecule has 23 heavy (non-hydrogen) atoms. The van der Waals surface area contributed by atoms with Crippen molar-refractivity contribution in [2.24, 2.45) is 0 Å². The summed E-state index contributed by atoms with van der Waals surface area (Å²) in [5.74, 6) is 0.171. The minimum atomic E-state index is -0.395. The predicted molar refractivity (Wildman–Crippen MR) is 87.9 cm³/mol. The second kappa shape index (κ2) is 5.74.